The molecule has 0 unspecified atom stereocenters. The number of aromatic nitrogens is 1. The first kappa shape index (κ1) is 16.7. The number of nitrogens with one attached hydrogen (secondary N) is 1. The second-order valence-electron chi connectivity index (χ2n) is 4.40. The van der Waals surface area contributed by atoms with E-state index in [0.717, 1.165) is 12.8 Å². The average molecular weight is 303 g/mol. The molecule has 0 spiro atoms. The number of unbranched alkanes of at least 4 members (excludes halogenated alkanes) is 1. The van der Waals surface area contributed by atoms with Crippen molar-refractivity contribution in [3.8, 4) is 0 Å². The number of hydrogen-bond donors (Lipinski definition) is 2. The van der Waals surface area contributed by atoms with E-state index >= 15 is 0 Å². The molecule has 20 heavy (non-hydrogen) atoms. The van der Waals surface area contributed by atoms with Crippen molar-refractivity contribution in [2.45, 2.75) is 31.2 Å². The topological polar surface area (TPSA) is 103 Å². The molecule has 1 rings (SSSR count). The number of nitrogens with two attached hydrogens (primary N) is 1. The molecule has 0 aliphatic carbocycles. The van der Waals surface area contributed by atoms with Gasteiger partial charge in [0.15, 0.2) is 0 Å². The van der Waals surface area contributed by atoms with Crippen molar-refractivity contribution in [2.75, 3.05) is 20.3 Å². The number of methoxy groups -OCH3 is 1. The van der Waals surface area contributed by atoms with Crippen LogP contribution in [0.5, 0.6) is 0 Å². The summed E-state index contributed by atoms with van der Waals surface area (Å²) in [5, 5.41) is 7.83. The van der Waals surface area contributed by atoms with Crippen LogP contribution in [-0.4, -0.2) is 39.2 Å². The molecule has 1 amide bonds. The Morgan fingerprint density at radius 1 is 1.50 bits per heavy atom. The monoisotopic (exact) mass is 303 g/mol. The highest BCUT2D eigenvalue weighted by atomic mass is 32.2. The fourth-order valence-electron chi connectivity index (χ4n) is 1.67. The van der Waals surface area contributed by atoms with Gasteiger partial charge in [-0.1, -0.05) is 13.3 Å². The van der Waals surface area contributed by atoms with Crippen LogP contribution in [0, 0.1) is 0 Å². The Kier molecular flexibility index (Phi) is 6.18. The van der Waals surface area contributed by atoms with Crippen LogP contribution < -0.4 is 10.5 Å². The summed E-state index contributed by atoms with van der Waals surface area (Å²) in [4.78, 5) is 12.0. The van der Waals surface area contributed by atoms with Crippen LogP contribution in [0.4, 0.5) is 0 Å². The van der Waals surface area contributed by atoms with Crippen LogP contribution in [0.25, 0.3) is 0 Å². The first-order chi connectivity index (χ1) is 9.40. The maximum absolute atomic E-state index is 12.0. The summed E-state index contributed by atoms with van der Waals surface area (Å²) in [6.45, 7) is 3.32. The third-order valence-electron chi connectivity index (χ3n) is 2.78. The van der Waals surface area contributed by atoms with Gasteiger partial charge in [0.05, 0.1) is 6.61 Å². The number of hydrogen-bond acceptors (Lipinski definition) is 4. The van der Waals surface area contributed by atoms with Crippen LogP contribution in [0.2, 0.25) is 0 Å². The van der Waals surface area contributed by atoms with E-state index in [9.17, 15) is 13.2 Å². The van der Waals surface area contributed by atoms with Crippen LogP contribution in [0.3, 0.4) is 0 Å². The molecule has 0 aromatic carbocycles. The number of carbonyl (C=O) groups is 1. The lowest BCUT2D eigenvalue weighted by molar-refractivity contribution is 0.0941. The number of carbonyl (C=O) groups excluding carboxylic acids is 1. The van der Waals surface area contributed by atoms with Gasteiger partial charge >= 0.3 is 0 Å². The van der Waals surface area contributed by atoms with Crippen molar-refractivity contribution >= 4 is 15.9 Å². The summed E-state index contributed by atoms with van der Waals surface area (Å²) in [7, 11) is -2.30. The number of nitrogens with zero attached hydrogens (tertiary/aromatic N) is 1. The maximum Gasteiger partial charge on any atom is 0.267 e. The summed E-state index contributed by atoms with van der Waals surface area (Å²) in [6, 6.07) is 1.28. The first-order valence-corrected chi connectivity index (χ1v) is 7.95. The highest BCUT2D eigenvalue weighted by Crippen LogP contribution is 2.13. The molecular formula is C12H21N3O4S. The second-order valence-corrected chi connectivity index (χ2v) is 5.96. The lowest BCUT2D eigenvalue weighted by Crippen LogP contribution is -2.27. The largest absolute Gasteiger partial charge is 0.383 e. The predicted molar refractivity (Wildman–Crippen MR) is 74.9 cm³/mol. The minimum atomic E-state index is -3.83. The summed E-state index contributed by atoms with van der Waals surface area (Å²) in [5.74, 6) is -0.315. The fourth-order valence-corrected chi connectivity index (χ4v) is 2.22. The SMILES string of the molecule is CCCCNC(=O)c1cc(S(N)(=O)=O)cn1CCOC. The molecule has 0 saturated heterocycles. The number of amides is 1. The number of primary sulfonamides is 1. The zero-order chi connectivity index (χ0) is 15.2. The zero-order valence-electron chi connectivity index (χ0n) is 11.8. The Balaban J connectivity index is 2.96. The van der Waals surface area contributed by atoms with Crippen LogP contribution in [0.15, 0.2) is 17.2 Å². The fraction of sp³-hybridized carbons (Fsp3) is 0.583. The number of sulfonamides is 1. The maximum atomic E-state index is 12.0. The molecule has 0 atom stereocenters. The molecule has 114 valence electrons. The highest BCUT2D eigenvalue weighted by Gasteiger charge is 2.18. The Morgan fingerprint density at radius 3 is 2.75 bits per heavy atom. The van der Waals surface area contributed by atoms with E-state index in [2.05, 4.69) is 5.32 Å². The number of ether oxygens (including phenoxy) is 1. The minimum Gasteiger partial charge on any atom is -0.383 e. The van der Waals surface area contributed by atoms with Crippen molar-refractivity contribution in [2.24, 2.45) is 5.14 Å². The van der Waals surface area contributed by atoms with E-state index in [0.29, 0.717) is 19.7 Å². The lowest BCUT2D eigenvalue weighted by Gasteiger charge is -2.08. The molecule has 8 heteroatoms. The quantitative estimate of drug-likeness (QED) is 0.675. The van der Waals surface area contributed by atoms with E-state index in [1.165, 1.54) is 23.9 Å². The summed E-state index contributed by atoms with van der Waals surface area (Å²) in [5.41, 5.74) is 0.266. The molecule has 0 bridgehead atoms. The van der Waals surface area contributed by atoms with Gasteiger partial charge in [0.1, 0.15) is 10.6 Å². The molecule has 0 radical (unpaired) electrons. The lowest BCUT2D eigenvalue weighted by atomic mass is 10.3. The molecule has 0 aliphatic heterocycles. The average Bonchev–Trinajstić information content (AvgIpc) is 2.80. The van der Waals surface area contributed by atoms with Gasteiger partial charge < -0.3 is 14.6 Å². The van der Waals surface area contributed by atoms with Crippen molar-refractivity contribution in [3.63, 3.8) is 0 Å². The standard InChI is InChI=1S/C12H21N3O4S/c1-3-4-5-14-12(16)11-8-10(20(13,17)18)9-15(11)6-7-19-2/h8-9H,3-7H2,1-2H3,(H,14,16)(H2,13,17,18). The van der Waals surface area contributed by atoms with Gasteiger partial charge in [0.25, 0.3) is 5.91 Å². The molecule has 3 N–H and O–H groups in total. The van der Waals surface area contributed by atoms with E-state index in [1.807, 2.05) is 6.92 Å². The molecule has 1 heterocycles. The molecule has 1 aromatic rings. The van der Waals surface area contributed by atoms with Gasteiger partial charge in [-0.15, -0.1) is 0 Å². The normalized spacial score (nSPS) is 11.6. The van der Waals surface area contributed by atoms with Crippen molar-refractivity contribution in [1.29, 1.82) is 0 Å². The van der Waals surface area contributed by atoms with Crippen LogP contribution in [0.1, 0.15) is 30.3 Å². The van der Waals surface area contributed by atoms with Gasteiger partial charge in [-0.2, -0.15) is 0 Å². The Bertz CT molecular complexity index is 551. The van der Waals surface area contributed by atoms with Gasteiger partial charge in [-0.25, -0.2) is 13.6 Å². The minimum absolute atomic E-state index is 0.0748. The molecule has 0 aliphatic rings. The molecule has 0 fully saturated rings. The number of rotatable bonds is 8. The van der Waals surface area contributed by atoms with Gasteiger partial charge in [-0.3, -0.25) is 4.79 Å². The Labute approximate surface area is 119 Å². The van der Waals surface area contributed by atoms with Gasteiger partial charge in [0.2, 0.25) is 10.0 Å². The molecule has 7 nitrogen and oxygen atoms in total. The smallest absolute Gasteiger partial charge is 0.267 e. The first-order valence-electron chi connectivity index (χ1n) is 6.40. The second kappa shape index (κ2) is 7.41. The molecule has 1 aromatic heterocycles. The van der Waals surface area contributed by atoms with Crippen molar-refractivity contribution in [3.05, 3.63) is 18.0 Å². The van der Waals surface area contributed by atoms with E-state index < -0.39 is 10.0 Å². The van der Waals surface area contributed by atoms with Crippen LogP contribution >= 0.6 is 0 Å². The molecular weight excluding hydrogens is 282 g/mol. The van der Waals surface area contributed by atoms with Gasteiger partial charge in [0, 0.05) is 26.4 Å². The Morgan fingerprint density at radius 2 is 2.20 bits per heavy atom. The van der Waals surface area contributed by atoms with Crippen molar-refractivity contribution < 1.29 is 17.9 Å². The van der Waals surface area contributed by atoms with E-state index in [1.54, 1.807) is 0 Å². The van der Waals surface area contributed by atoms with Gasteiger partial charge in [-0.05, 0) is 12.5 Å². The van der Waals surface area contributed by atoms with Crippen molar-refractivity contribution in [1.82, 2.24) is 9.88 Å². The molecule has 0 saturated carbocycles. The third-order valence-corrected chi connectivity index (χ3v) is 3.67. The summed E-state index contributed by atoms with van der Waals surface area (Å²) >= 11 is 0. The highest BCUT2D eigenvalue weighted by molar-refractivity contribution is 7.89. The third kappa shape index (κ3) is 4.62. The summed E-state index contributed by atoms with van der Waals surface area (Å²) < 4.78 is 29.2. The zero-order valence-corrected chi connectivity index (χ0v) is 12.6. The predicted octanol–water partition coefficient (Wildman–Crippen LogP) is 0.312. The Hall–Kier alpha value is -1.38. The van der Waals surface area contributed by atoms with E-state index in [4.69, 9.17) is 9.88 Å². The summed E-state index contributed by atoms with van der Waals surface area (Å²) in [6.07, 6.45) is 3.18. The van der Waals surface area contributed by atoms with Crippen LogP contribution in [-0.2, 0) is 21.3 Å². The van der Waals surface area contributed by atoms with E-state index in [-0.39, 0.29) is 16.5 Å².